The van der Waals surface area contributed by atoms with Crippen molar-refractivity contribution in [2.75, 3.05) is 13.2 Å². The highest BCUT2D eigenvalue weighted by Gasteiger charge is 2.51. The molecular weight excluding hydrogens is 368 g/mol. The molecule has 0 saturated carbocycles. The van der Waals surface area contributed by atoms with E-state index in [4.69, 9.17) is 13.9 Å². The molecule has 1 aliphatic rings. The van der Waals surface area contributed by atoms with Gasteiger partial charge in [-0.25, -0.2) is 0 Å². The Bertz CT molecular complexity index is 716. The van der Waals surface area contributed by atoms with Crippen LogP contribution in [0.2, 0.25) is 5.04 Å². The van der Waals surface area contributed by atoms with E-state index in [9.17, 15) is 5.11 Å². The van der Waals surface area contributed by atoms with Crippen LogP contribution in [0.15, 0.2) is 60.7 Å². The summed E-state index contributed by atoms with van der Waals surface area (Å²) >= 11 is 0. The summed E-state index contributed by atoms with van der Waals surface area (Å²) in [5.41, 5.74) is 0. The molecule has 0 spiro atoms. The van der Waals surface area contributed by atoms with Crippen LogP contribution >= 0.6 is 0 Å². The zero-order chi connectivity index (χ0) is 20.4. The lowest BCUT2D eigenvalue weighted by atomic mass is 10.2. The van der Waals surface area contributed by atoms with Crippen LogP contribution in [0.25, 0.3) is 0 Å². The molecule has 1 fully saturated rings. The standard InChI is InChI=1S/C23H32O4Si/c1-22(2,3)28(18-12-8-6-9-13-18,19-14-10-7-11-15-19)25-17-21-20(16-24)26-23(4,5)27-21/h6-15,20-21,24H,16-17H2,1-5H3/t20-,21-/m0/s1. The van der Waals surface area contributed by atoms with Gasteiger partial charge in [-0.05, 0) is 29.3 Å². The lowest BCUT2D eigenvalue weighted by molar-refractivity contribution is -0.151. The van der Waals surface area contributed by atoms with Crippen molar-refractivity contribution in [2.45, 2.75) is 57.7 Å². The van der Waals surface area contributed by atoms with Crippen LogP contribution in [0.4, 0.5) is 0 Å². The van der Waals surface area contributed by atoms with E-state index in [1.807, 2.05) is 26.0 Å². The molecule has 5 heteroatoms. The first-order valence-corrected chi connectivity index (χ1v) is 11.8. The smallest absolute Gasteiger partial charge is 0.261 e. The second-order valence-electron chi connectivity index (χ2n) is 8.87. The van der Waals surface area contributed by atoms with E-state index < -0.39 is 14.1 Å². The molecule has 0 radical (unpaired) electrons. The summed E-state index contributed by atoms with van der Waals surface area (Å²) in [7, 11) is -2.62. The second-order valence-corrected chi connectivity index (χ2v) is 13.2. The number of hydrogen-bond donors (Lipinski definition) is 1. The van der Waals surface area contributed by atoms with Crippen LogP contribution in [-0.2, 0) is 13.9 Å². The molecule has 0 amide bonds. The first kappa shape index (κ1) is 21.2. The lowest BCUT2D eigenvalue weighted by Gasteiger charge is -2.43. The molecule has 2 aromatic carbocycles. The van der Waals surface area contributed by atoms with Gasteiger partial charge in [0.25, 0.3) is 8.32 Å². The van der Waals surface area contributed by atoms with E-state index in [1.165, 1.54) is 10.4 Å². The topological polar surface area (TPSA) is 47.9 Å². The Kier molecular flexibility index (Phi) is 6.13. The van der Waals surface area contributed by atoms with Gasteiger partial charge in [0.15, 0.2) is 5.79 Å². The van der Waals surface area contributed by atoms with E-state index in [0.29, 0.717) is 6.61 Å². The maximum atomic E-state index is 9.74. The third-order valence-electron chi connectivity index (χ3n) is 5.35. The van der Waals surface area contributed by atoms with Crippen LogP contribution in [0, 0.1) is 0 Å². The van der Waals surface area contributed by atoms with E-state index in [1.54, 1.807) is 0 Å². The average Bonchev–Trinajstić information content (AvgIpc) is 2.97. The highest BCUT2D eigenvalue weighted by Crippen LogP contribution is 2.38. The molecule has 1 saturated heterocycles. The molecule has 1 aliphatic heterocycles. The van der Waals surface area contributed by atoms with Gasteiger partial charge in [-0.1, -0.05) is 81.4 Å². The van der Waals surface area contributed by atoms with Crippen molar-refractivity contribution in [1.82, 2.24) is 0 Å². The van der Waals surface area contributed by atoms with Gasteiger partial charge in [0.05, 0.1) is 13.2 Å². The number of hydrogen-bond acceptors (Lipinski definition) is 4. The zero-order valence-corrected chi connectivity index (χ0v) is 18.5. The van der Waals surface area contributed by atoms with Gasteiger partial charge in [0, 0.05) is 0 Å². The first-order chi connectivity index (χ1) is 13.2. The predicted octanol–water partition coefficient (Wildman–Crippen LogP) is 3.08. The van der Waals surface area contributed by atoms with Crippen LogP contribution < -0.4 is 10.4 Å². The summed E-state index contributed by atoms with van der Waals surface area (Å²) in [6.07, 6.45) is -0.685. The van der Waals surface area contributed by atoms with Gasteiger partial charge in [0.2, 0.25) is 0 Å². The van der Waals surface area contributed by atoms with E-state index in [-0.39, 0.29) is 23.9 Å². The largest absolute Gasteiger partial charge is 0.405 e. The number of rotatable bonds is 6. The summed E-state index contributed by atoms with van der Waals surface area (Å²) in [5, 5.41) is 12.1. The molecule has 0 unspecified atom stereocenters. The van der Waals surface area contributed by atoms with Crippen molar-refractivity contribution in [2.24, 2.45) is 0 Å². The molecule has 152 valence electrons. The highest BCUT2D eigenvalue weighted by molar-refractivity contribution is 6.99. The quantitative estimate of drug-likeness (QED) is 0.757. The summed E-state index contributed by atoms with van der Waals surface area (Å²) < 4.78 is 18.8. The minimum atomic E-state index is -2.62. The van der Waals surface area contributed by atoms with E-state index in [2.05, 4.69) is 69.3 Å². The molecule has 3 rings (SSSR count). The lowest BCUT2D eigenvalue weighted by Crippen LogP contribution is -2.67. The first-order valence-electron chi connectivity index (χ1n) is 9.91. The Hall–Kier alpha value is -1.50. The summed E-state index contributed by atoms with van der Waals surface area (Å²) in [4.78, 5) is 0. The third kappa shape index (κ3) is 4.09. The number of benzene rings is 2. The van der Waals surface area contributed by atoms with Gasteiger partial charge in [-0.15, -0.1) is 0 Å². The van der Waals surface area contributed by atoms with Crippen LogP contribution in [0.1, 0.15) is 34.6 Å². The maximum Gasteiger partial charge on any atom is 0.261 e. The third-order valence-corrected chi connectivity index (χ3v) is 10.4. The second kappa shape index (κ2) is 8.09. The SMILES string of the molecule is CC1(C)O[C@@H](CO)[C@H](CO[Si](c2ccccc2)(c2ccccc2)C(C)(C)C)O1. The number of aliphatic hydroxyl groups is 1. The summed E-state index contributed by atoms with van der Waals surface area (Å²) in [6.45, 7) is 10.8. The molecule has 2 aromatic rings. The van der Waals surface area contributed by atoms with Crippen molar-refractivity contribution >= 4 is 18.7 Å². The van der Waals surface area contributed by atoms with Gasteiger partial charge in [-0.2, -0.15) is 0 Å². The average molecular weight is 401 g/mol. The number of ether oxygens (including phenoxy) is 2. The van der Waals surface area contributed by atoms with Gasteiger partial charge >= 0.3 is 0 Å². The Morgan fingerprint density at radius 1 is 0.893 bits per heavy atom. The van der Waals surface area contributed by atoms with Gasteiger partial charge in [0.1, 0.15) is 12.2 Å². The Morgan fingerprint density at radius 2 is 1.36 bits per heavy atom. The van der Waals surface area contributed by atoms with Crippen LogP contribution in [0.3, 0.4) is 0 Å². The normalized spacial score (nSPS) is 22.4. The molecule has 2 atom stereocenters. The molecule has 0 aliphatic carbocycles. The molecule has 28 heavy (non-hydrogen) atoms. The van der Waals surface area contributed by atoms with Crippen LogP contribution in [-0.4, -0.2) is 44.6 Å². The monoisotopic (exact) mass is 400 g/mol. The molecule has 1 N–H and O–H groups in total. The Morgan fingerprint density at radius 3 is 1.79 bits per heavy atom. The highest BCUT2D eigenvalue weighted by atomic mass is 28.4. The minimum Gasteiger partial charge on any atom is -0.405 e. The van der Waals surface area contributed by atoms with E-state index >= 15 is 0 Å². The van der Waals surface area contributed by atoms with Crippen LogP contribution in [0.5, 0.6) is 0 Å². The molecule has 4 nitrogen and oxygen atoms in total. The maximum absolute atomic E-state index is 9.74. The Balaban J connectivity index is 2.02. The van der Waals surface area contributed by atoms with Crippen molar-refractivity contribution < 1.29 is 19.0 Å². The van der Waals surface area contributed by atoms with Crippen molar-refractivity contribution in [3.8, 4) is 0 Å². The van der Waals surface area contributed by atoms with Crippen molar-refractivity contribution in [3.63, 3.8) is 0 Å². The molecule has 1 heterocycles. The fourth-order valence-corrected chi connectivity index (χ4v) is 8.74. The zero-order valence-electron chi connectivity index (χ0n) is 17.5. The molecule has 0 aromatic heterocycles. The summed E-state index contributed by atoms with van der Waals surface area (Å²) in [5.74, 6) is -0.715. The van der Waals surface area contributed by atoms with Gasteiger partial charge in [-0.3, -0.25) is 0 Å². The fraction of sp³-hybridized carbons (Fsp3) is 0.478. The molecular formula is C23H32O4Si. The van der Waals surface area contributed by atoms with Gasteiger partial charge < -0.3 is 19.0 Å². The fourth-order valence-electron chi connectivity index (χ4n) is 4.17. The molecule has 0 bridgehead atoms. The summed E-state index contributed by atoms with van der Waals surface area (Å²) in [6, 6.07) is 21.0. The predicted molar refractivity (Wildman–Crippen MR) is 114 cm³/mol. The van der Waals surface area contributed by atoms with Crippen molar-refractivity contribution in [1.29, 1.82) is 0 Å². The van der Waals surface area contributed by atoms with E-state index in [0.717, 1.165) is 0 Å². The van der Waals surface area contributed by atoms with Crippen molar-refractivity contribution in [3.05, 3.63) is 60.7 Å². The number of aliphatic hydroxyl groups excluding tert-OH is 1. The minimum absolute atomic E-state index is 0.0851. The Labute approximate surface area is 169 Å².